The SMILES string of the molecule is CC(C)Oc1ccc(NC(=O)N(C)CC(O)C2CC2)cc1. The second-order valence-electron chi connectivity index (χ2n) is 5.91. The number of hydrogen-bond donors (Lipinski definition) is 2. The number of urea groups is 1. The van der Waals surface area contributed by atoms with E-state index in [-0.39, 0.29) is 12.1 Å². The van der Waals surface area contributed by atoms with Crippen molar-refractivity contribution in [1.29, 1.82) is 0 Å². The quantitative estimate of drug-likeness (QED) is 0.847. The molecule has 1 saturated carbocycles. The molecule has 1 aromatic rings. The monoisotopic (exact) mass is 292 g/mol. The Balaban J connectivity index is 1.83. The third-order valence-electron chi connectivity index (χ3n) is 3.45. The van der Waals surface area contributed by atoms with Crippen molar-refractivity contribution in [2.24, 2.45) is 5.92 Å². The number of benzene rings is 1. The number of carbonyl (C=O) groups is 1. The summed E-state index contributed by atoms with van der Waals surface area (Å²) in [5.41, 5.74) is 0.712. The molecular weight excluding hydrogens is 268 g/mol. The molecule has 2 rings (SSSR count). The standard InChI is InChI=1S/C16H24N2O3/c1-11(2)21-14-8-6-13(7-9-14)17-16(20)18(3)10-15(19)12-4-5-12/h6-9,11-12,15,19H,4-5,10H2,1-3H3,(H,17,20). The molecule has 1 aromatic carbocycles. The van der Waals surface area contributed by atoms with Gasteiger partial charge in [-0.3, -0.25) is 0 Å². The minimum atomic E-state index is -0.414. The number of carbonyl (C=O) groups excluding carboxylic acids is 1. The highest BCUT2D eigenvalue weighted by Crippen LogP contribution is 2.32. The first-order valence-electron chi connectivity index (χ1n) is 7.42. The van der Waals surface area contributed by atoms with Crippen molar-refractivity contribution in [2.75, 3.05) is 18.9 Å². The van der Waals surface area contributed by atoms with Gasteiger partial charge < -0.3 is 20.1 Å². The third-order valence-corrected chi connectivity index (χ3v) is 3.45. The summed E-state index contributed by atoms with van der Waals surface area (Å²) >= 11 is 0. The average molecular weight is 292 g/mol. The van der Waals surface area contributed by atoms with E-state index in [1.807, 2.05) is 26.0 Å². The fourth-order valence-corrected chi connectivity index (χ4v) is 2.10. The highest BCUT2D eigenvalue weighted by Gasteiger charge is 2.31. The van der Waals surface area contributed by atoms with Gasteiger partial charge in [-0.2, -0.15) is 0 Å². The zero-order chi connectivity index (χ0) is 15.4. The first-order valence-corrected chi connectivity index (χ1v) is 7.42. The van der Waals surface area contributed by atoms with Crippen LogP contribution in [0.3, 0.4) is 0 Å². The third kappa shape index (κ3) is 4.93. The predicted octanol–water partition coefficient (Wildman–Crippen LogP) is 2.71. The van der Waals surface area contributed by atoms with E-state index in [1.165, 1.54) is 4.90 Å². The van der Waals surface area contributed by atoms with E-state index in [9.17, 15) is 9.90 Å². The predicted molar refractivity (Wildman–Crippen MR) is 82.6 cm³/mol. The normalized spacial score (nSPS) is 15.7. The lowest BCUT2D eigenvalue weighted by atomic mass is 10.2. The number of aliphatic hydroxyl groups excluding tert-OH is 1. The molecule has 0 saturated heterocycles. The van der Waals surface area contributed by atoms with Crippen LogP contribution in [-0.2, 0) is 0 Å². The second kappa shape index (κ2) is 6.80. The van der Waals surface area contributed by atoms with Gasteiger partial charge in [-0.05, 0) is 56.9 Å². The van der Waals surface area contributed by atoms with Gasteiger partial charge in [-0.1, -0.05) is 0 Å². The van der Waals surface area contributed by atoms with Crippen molar-refractivity contribution in [3.8, 4) is 5.75 Å². The van der Waals surface area contributed by atoms with Gasteiger partial charge in [0, 0.05) is 19.3 Å². The highest BCUT2D eigenvalue weighted by atomic mass is 16.5. The van der Waals surface area contributed by atoms with Gasteiger partial charge in [0.2, 0.25) is 0 Å². The summed E-state index contributed by atoms with van der Waals surface area (Å²) < 4.78 is 5.55. The lowest BCUT2D eigenvalue weighted by molar-refractivity contribution is 0.117. The van der Waals surface area contributed by atoms with E-state index in [2.05, 4.69) is 5.32 Å². The molecule has 0 spiro atoms. The van der Waals surface area contributed by atoms with Crippen molar-refractivity contribution in [2.45, 2.75) is 38.9 Å². The van der Waals surface area contributed by atoms with E-state index in [0.717, 1.165) is 18.6 Å². The molecule has 0 aliphatic heterocycles. The summed E-state index contributed by atoms with van der Waals surface area (Å²) in [4.78, 5) is 13.5. The van der Waals surface area contributed by atoms with Crippen molar-refractivity contribution in [1.82, 2.24) is 4.90 Å². The number of rotatable bonds is 6. The van der Waals surface area contributed by atoms with Crippen molar-refractivity contribution >= 4 is 11.7 Å². The zero-order valence-corrected chi connectivity index (χ0v) is 12.9. The van der Waals surface area contributed by atoms with Crippen LogP contribution in [-0.4, -0.2) is 41.8 Å². The smallest absolute Gasteiger partial charge is 0.321 e. The number of amides is 2. The molecule has 0 aromatic heterocycles. The average Bonchev–Trinajstić information content (AvgIpc) is 3.24. The van der Waals surface area contributed by atoms with Gasteiger partial charge in [0.25, 0.3) is 0 Å². The molecule has 1 unspecified atom stereocenters. The van der Waals surface area contributed by atoms with E-state index in [0.29, 0.717) is 18.2 Å². The van der Waals surface area contributed by atoms with Crippen LogP contribution >= 0.6 is 0 Å². The van der Waals surface area contributed by atoms with Crippen molar-refractivity contribution in [3.05, 3.63) is 24.3 Å². The van der Waals surface area contributed by atoms with Gasteiger partial charge in [0.1, 0.15) is 5.75 Å². The van der Waals surface area contributed by atoms with Crippen LogP contribution < -0.4 is 10.1 Å². The van der Waals surface area contributed by atoms with E-state index >= 15 is 0 Å². The number of nitrogens with one attached hydrogen (secondary N) is 1. The fourth-order valence-electron chi connectivity index (χ4n) is 2.10. The van der Waals surface area contributed by atoms with E-state index in [4.69, 9.17) is 4.74 Å². The van der Waals surface area contributed by atoms with Crippen LogP contribution in [0.15, 0.2) is 24.3 Å². The molecule has 2 amide bonds. The van der Waals surface area contributed by atoms with E-state index in [1.54, 1.807) is 19.2 Å². The number of likely N-dealkylation sites (N-methyl/N-ethyl adjacent to an activating group) is 1. The Morgan fingerprint density at radius 2 is 2.00 bits per heavy atom. The Kier molecular flexibility index (Phi) is 5.07. The van der Waals surface area contributed by atoms with Gasteiger partial charge in [0.15, 0.2) is 0 Å². The van der Waals surface area contributed by atoms with Gasteiger partial charge >= 0.3 is 6.03 Å². The topological polar surface area (TPSA) is 61.8 Å². The molecule has 1 aliphatic rings. The second-order valence-corrected chi connectivity index (χ2v) is 5.91. The Morgan fingerprint density at radius 1 is 1.38 bits per heavy atom. The minimum Gasteiger partial charge on any atom is -0.491 e. The molecule has 21 heavy (non-hydrogen) atoms. The number of ether oxygens (including phenoxy) is 1. The fraction of sp³-hybridized carbons (Fsp3) is 0.562. The Morgan fingerprint density at radius 3 is 2.52 bits per heavy atom. The van der Waals surface area contributed by atoms with Crippen molar-refractivity contribution < 1.29 is 14.6 Å². The lowest BCUT2D eigenvalue weighted by Gasteiger charge is -2.21. The molecule has 0 bridgehead atoms. The lowest BCUT2D eigenvalue weighted by Crippen LogP contribution is -2.37. The summed E-state index contributed by atoms with van der Waals surface area (Å²) in [5, 5.41) is 12.7. The summed E-state index contributed by atoms with van der Waals surface area (Å²) in [7, 11) is 1.69. The molecule has 1 aliphatic carbocycles. The molecule has 1 fully saturated rings. The summed E-state index contributed by atoms with van der Waals surface area (Å²) in [6, 6.07) is 7.05. The van der Waals surface area contributed by atoms with E-state index < -0.39 is 6.10 Å². The molecule has 2 N–H and O–H groups in total. The van der Waals surface area contributed by atoms with Crippen LogP contribution in [0.5, 0.6) is 5.75 Å². The number of aliphatic hydroxyl groups is 1. The first kappa shape index (κ1) is 15.6. The summed E-state index contributed by atoms with van der Waals surface area (Å²) in [5.74, 6) is 1.15. The van der Waals surface area contributed by atoms with Gasteiger partial charge in [-0.25, -0.2) is 4.79 Å². The molecular formula is C16H24N2O3. The van der Waals surface area contributed by atoms with Crippen LogP contribution in [0.4, 0.5) is 10.5 Å². The molecule has 1 atom stereocenters. The molecule has 116 valence electrons. The van der Waals surface area contributed by atoms with Crippen LogP contribution in [0.25, 0.3) is 0 Å². The molecule has 5 heteroatoms. The molecule has 0 radical (unpaired) electrons. The van der Waals surface area contributed by atoms with Gasteiger partial charge in [0.05, 0.1) is 12.2 Å². The Bertz CT molecular complexity index is 469. The van der Waals surface area contributed by atoms with Crippen molar-refractivity contribution in [3.63, 3.8) is 0 Å². The maximum absolute atomic E-state index is 12.0. The maximum Gasteiger partial charge on any atom is 0.321 e. The Hall–Kier alpha value is -1.75. The van der Waals surface area contributed by atoms with Crippen LogP contribution in [0, 0.1) is 5.92 Å². The zero-order valence-electron chi connectivity index (χ0n) is 12.9. The maximum atomic E-state index is 12.0. The summed E-state index contributed by atoms with van der Waals surface area (Å²) in [6.07, 6.45) is 1.84. The van der Waals surface area contributed by atoms with Crippen LogP contribution in [0.2, 0.25) is 0 Å². The minimum absolute atomic E-state index is 0.125. The highest BCUT2D eigenvalue weighted by molar-refractivity contribution is 5.89. The Labute approximate surface area is 125 Å². The van der Waals surface area contributed by atoms with Crippen LogP contribution in [0.1, 0.15) is 26.7 Å². The van der Waals surface area contributed by atoms with Gasteiger partial charge in [-0.15, -0.1) is 0 Å². The number of anilines is 1. The molecule has 0 heterocycles. The summed E-state index contributed by atoms with van der Waals surface area (Å²) in [6.45, 7) is 4.30. The first-order chi connectivity index (χ1) is 9.95. The molecule has 5 nitrogen and oxygen atoms in total. The number of hydrogen-bond acceptors (Lipinski definition) is 3. The largest absolute Gasteiger partial charge is 0.491 e. The number of nitrogens with zero attached hydrogens (tertiary/aromatic N) is 1.